The van der Waals surface area contributed by atoms with E-state index in [-0.39, 0.29) is 12.6 Å². The van der Waals surface area contributed by atoms with Crippen LogP contribution < -0.4 is 16.4 Å². The highest BCUT2D eigenvalue weighted by molar-refractivity contribution is 5.78. The zero-order valence-electron chi connectivity index (χ0n) is 12.4. The highest BCUT2D eigenvalue weighted by atomic mass is 16.5. The second-order valence-corrected chi connectivity index (χ2v) is 5.40. The van der Waals surface area contributed by atoms with Gasteiger partial charge in [0, 0.05) is 19.5 Å². The van der Waals surface area contributed by atoms with Crippen LogP contribution in [-0.2, 0) is 14.3 Å². The Morgan fingerprint density at radius 1 is 1.32 bits per heavy atom. The normalized spacial score (nSPS) is 15.5. The quantitative estimate of drug-likeness (QED) is 0.713. The van der Waals surface area contributed by atoms with Gasteiger partial charge in [0.1, 0.15) is 11.6 Å². The Bertz CT molecular complexity index is 529. The molecule has 120 valence electrons. The molecule has 2 heterocycles. The predicted molar refractivity (Wildman–Crippen MR) is 80.8 cm³/mol. The summed E-state index contributed by atoms with van der Waals surface area (Å²) in [6, 6.07) is 0. The number of nitrogen functional groups attached to an aromatic ring is 1. The van der Waals surface area contributed by atoms with Crippen LogP contribution in [0.4, 0.5) is 11.6 Å². The van der Waals surface area contributed by atoms with Gasteiger partial charge >= 0.3 is 5.97 Å². The molecule has 8 heteroatoms. The average Bonchev–Trinajstić information content (AvgIpc) is 2.51. The number of carbonyl (C=O) groups is 2. The lowest BCUT2D eigenvalue weighted by Crippen LogP contribution is -2.34. The van der Waals surface area contributed by atoms with Crippen molar-refractivity contribution in [3.63, 3.8) is 0 Å². The van der Waals surface area contributed by atoms with Gasteiger partial charge in [0.05, 0.1) is 12.4 Å². The maximum atomic E-state index is 11.4. The molecule has 0 spiro atoms. The zero-order valence-corrected chi connectivity index (χ0v) is 12.4. The third-order valence-corrected chi connectivity index (χ3v) is 3.71. The van der Waals surface area contributed by atoms with E-state index in [4.69, 9.17) is 16.2 Å². The number of ether oxygens (including phenoxy) is 1. The van der Waals surface area contributed by atoms with E-state index in [1.165, 1.54) is 6.20 Å². The molecule has 1 aliphatic rings. The number of anilines is 2. The summed E-state index contributed by atoms with van der Waals surface area (Å²) in [5.74, 6) is 0.662. The molecule has 2 rings (SSSR count). The minimum Gasteiger partial charge on any atom is -0.456 e. The fraction of sp³-hybridized carbons (Fsp3) is 0.571. The van der Waals surface area contributed by atoms with Gasteiger partial charge in [-0.3, -0.25) is 14.6 Å². The number of rotatable bonds is 6. The van der Waals surface area contributed by atoms with Gasteiger partial charge in [-0.15, -0.1) is 0 Å². The van der Waals surface area contributed by atoms with Crippen LogP contribution in [0.15, 0.2) is 12.4 Å². The van der Waals surface area contributed by atoms with Crippen molar-refractivity contribution < 1.29 is 14.3 Å². The van der Waals surface area contributed by atoms with Crippen LogP contribution in [0.3, 0.4) is 0 Å². The summed E-state index contributed by atoms with van der Waals surface area (Å²) >= 11 is 0. The molecule has 1 aromatic rings. The Morgan fingerprint density at radius 3 is 2.68 bits per heavy atom. The van der Waals surface area contributed by atoms with Crippen LogP contribution in [0.25, 0.3) is 0 Å². The molecule has 0 saturated carbocycles. The minimum atomic E-state index is -0.634. The molecule has 0 radical (unpaired) electrons. The summed E-state index contributed by atoms with van der Waals surface area (Å²) in [7, 11) is 0. The summed E-state index contributed by atoms with van der Waals surface area (Å²) in [5, 5.41) is 0. The highest BCUT2D eigenvalue weighted by Gasteiger charge is 2.21. The number of nitrogens with zero attached hydrogens (tertiary/aromatic N) is 3. The Labute approximate surface area is 128 Å². The standard InChI is InChI=1S/C14H21N5O3/c15-11-7-17-8-13(18-11)19-5-3-10(4-6-19)1-2-14(21)22-9-12(16)20/h7-8,10H,1-6,9H2,(H2,15,18)(H2,16,20). The molecule has 0 unspecified atom stereocenters. The third kappa shape index (κ3) is 4.87. The Balaban J connectivity index is 1.71. The fourth-order valence-corrected chi connectivity index (χ4v) is 2.52. The van der Waals surface area contributed by atoms with Crippen LogP contribution in [0.1, 0.15) is 25.7 Å². The second kappa shape index (κ2) is 7.58. The molecule has 22 heavy (non-hydrogen) atoms. The van der Waals surface area contributed by atoms with Crippen LogP contribution in [0.2, 0.25) is 0 Å². The Kier molecular flexibility index (Phi) is 5.51. The first-order chi connectivity index (χ1) is 10.5. The first-order valence-corrected chi connectivity index (χ1v) is 7.31. The van der Waals surface area contributed by atoms with Gasteiger partial charge in [0.25, 0.3) is 5.91 Å². The zero-order chi connectivity index (χ0) is 15.9. The van der Waals surface area contributed by atoms with Gasteiger partial charge in [-0.2, -0.15) is 0 Å². The van der Waals surface area contributed by atoms with Gasteiger partial charge in [0.2, 0.25) is 0 Å². The molecule has 0 aliphatic carbocycles. The monoisotopic (exact) mass is 307 g/mol. The number of aromatic nitrogens is 2. The molecule has 0 aromatic carbocycles. The lowest BCUT2D eigenvalue weighted by atomic mass is 9.92. The molecule has 0 bridgehead atoms. The third-order valence-electron chi connectivity index (χ3n) is 3.71. The predicted octanol–water partition coefficient (Wildman–Crippen LogP) is 0.0839. The first-order valence-electron chi connectivity index (χ1n) is 7.31. The van der Waals surface area contributed by atoms with Crippen molar-refractivity contribution in [2.24, 2.45) is 11.7 Å². The number of carbonyl (C=O) groups excluding carboxylic acids is 2. The number of esters is 1. The molecule has 1 aromatic heterocycles. The maximum absolute atomic E-state index is 11.4. The smallest absolute Gasteiger partial charge is 0.306 e. The molecular formula is C14H21N5O3. The average molecular weight is 307 g/mol. The van der Waals surface area contributed by atoms with Crippen molar-refractivity contribution in [2.45, 2.75) is 25.7 Å². The summed E-state index contributed by atoms with van der Waals surface area (Å²) in [6.45, 7) is 1.38. The van der Waals surface area contributed by atoms with E-state index < -0.39 is 5.91 Å². The van der Waals surface area contributed by atoms with Crippen molar-refractivity contribution >= 4 is 23.5 Å². The van der Waals surface area contributed by atoms with Crippen molar-refractivity contribution in [2.75, 3.05) is 30.3 Å². The van der Waals surface area contributed by atoms with Crippen molar-refractivity contribution in [1.82, 2.24) is 9.97 Å². The van der Waals surface area contributed by atoms with Crippen LogP contribution in [0, 0.1) is 5.92 Å². The van der Waals surface area contributed by atoms with Crippen molar-refractivity contribution in [1.29, 1.82) is 0 Å². The lowest BCUT2D eigenvalue weighted by molar-refractivity contribution is -0.148. The van der Waals surface area contributed by atoms with Crippen molar-refractivity contribution in [3.8, 4) is 0 Å². The number of hydrogen-bond acceptors (Lipinski definition) is 7. The van der Waals surface area contributed by atoms with E-state index in [1.54, 1.807) is 6.20 Å². The molecule has 0 atom stereocenters. The van der Waals surface area contributed by atoms with Gasteiger partial charge < -0.3 is 21.1 Å². The Hall–Kier alpha value is -2.38. The fourth-order valence-electron chi connectivity index (χ4n) is 2.52. The van der Waals surface area contributed by atoms with Gasteiger partial charge in [-0.05, 0) is 25.2 Å². The number of amides is 1. The summed E-state index contributed by atoms with van der Waals surface area (Å²) in [5.41, 5.74) is 10.6. The minimum absolute atomic E-state index is 0.316. The summed E-state index contributed by atoms with van der Waals surface area (Å²) in [6.07, 6.45) is 6.25. The van der Waals surface area contributed by atoms with Crippen LogP contribution in [-0.4, -0.2) is 41.5 Å². The molecule has 4 N–H and O–H groups in total. The number of primary amides is 1. The summed E-state index contributed by atoms with van der Waals surface area (Å²) < 4.78 is 4.74. The number of hydrogen-bond donors (Lipinski definition) is 2. The second-order valence-electron chi connectivity index (χ2n) is 5.40. The molecule has 1 fully saturated rings. The summed E-state index contributed by atoms with van der Waals surface area (Å²) in [4.78, 5) is 32.4. The van der Waals surface area contributed by atoms with E-state index in [0.717, 1.165) is 38.2 Å². The SMILES string of the molecule is NC(=O)COC(=O)CCC1CCN(c2cncc(N)n2)CC1. The molecule has 1 amide bonds. The molecular weight excluding hydrogens is 286 g/mol. The first kappa shape index (κ1) is 16.0. The van der Waals surface area contributed by atoms with E-state index in [0.29, 0.717) is 18.2 Å². The molecule has 1 saturated heterocycles. The van der Waals surface area contributed by atoms with Crippen molar-refractivity contribution in [3.05, 3.63) is 12.4 Å². The topological polar surface area (TPSA) is 124 Å². The Morgan fingerprint density at radius 2 is 2.05 bits per heavy atom. The van der Waals surface area contributed by atoms with E-state index in [2.05, 4.69) is 14.9 Å². The van der Waals surface area contributed by atoms with E-state index in [9.17, 15) is 9.59 Å². The van der Waals surface area contributed by atoms with E-state index in [1.807, 2.05) is 0 Å². The highest BCUT2D eigenvalue weighted by Crippen LogP contribution is 2.25. The van der Waals surface area contributed by atoms with E-state index >= 15 is 0 Å². The molecule has 1 aliphatic heterocycles. The van der Waals surface area contributed by atoms with Crippen LogP contribution >= 0.6 is 0 Å². The molecule has 8 nitrogen and oxygen atoms in total. The van der Waals surface area contributed by atoms with Gasteiger partial charge in [-0.1, -0.05) is 0 Å². The van der Waals surface area contributed by atoms with Gasteiger partial charge in [0.15, 0.2) is 6.61 Å². The number of piperidine rings is 1. The maximum Gasteiger partial charge on any atom is 0.306 e. The van der Waals surface area contributed by atoms with Gasteiger partial charge in [-0.25, -0.2) is 4.98 Å². The lowest BCUT2D eigenvalue weighted by Gasteiger charge is -2.32. The van der Waals surface area contributed by atoms with Crippen LogP contribution in [0.5, 0.6) is 0 Å². The largest absolute Gasteiger partial charge is 0.456 e. The number of nitrogens with two attached hydrogens (primary N) is 2.